The lowest BCUT2D eigenvalue weighted by Crippen LogP contribution is -1.95. The summed E-state index contributed by atoms with van der Waals surface area (Å²) in [6.45, 7) is 0. The number of aromatic nitrogens is 2. The summed E-state index contributed by atoms with van der Waals surface area (Å²) >= 11 is 5.38. The van der Waals surface area contributed by atoms with Crippen molar-refractivity contribution in [1.82, 2.24) is 9.97 Å². The van der Waals surface area contributed by atoms with Crippen LogP contribution >= 0.6 is 11.6 Å². The summed E-state index contributed by atoms with van der Waals surface area (Å²) in [4.78, 5) is 7.96. The van der Waals surface area contributed by atoms with Gasteiger partial charge in [0.2, 0.25) is 5.95 Å². The van der Waals surface area contributed by atoms with E-state index in [0.717, 1.165) is 5.56 Å². The summed E-state index contributed by atoms with van der Waals surface area (Å²) in [6, 6.07) is 0. The first-order chi connectivity index (χ1) is 5.86. The molecule has 4 heteroatoms. The average molecular weight is 182 g/mol. The second kappa shape index (κ2) is 4.58. The van der Waals surface area contributed by atoms with E-state index in [9.17, 15) is 0 Å². The van der Waals surface area contributed by atoms with E-state index in [-0.39, 0.29) is 0 Å². The second-order valence-electron chi connectivity index (χ2n) is 1.98. The number of hydrogen-bond acceptors (Lipinski definition) is 3. The summed E-state index contributed by atoms with van der Waals surface area (Å²) < 4.78 is 0. The maximum atomic E-state index is 5.38. The topological polar surface area (TPSA) is 37.8 Å². The average Bonchev–Trinajstić information content (AvgIpc) is 2.15. The largest absolute Gasteiger partial charge is 0.357 e. The maximum absolute atomic E-state index is 5.38. The van der Waals surface area contributed by atoms with Gasteiger partial charge in [-0.2, -0.15) is 0 Å². The first-order valence-electron chi connectivity index (χ1n) is 3.41. The molecule has 0 aliphatic heterocycles. The van der Waals surface area contributed by atoms with Gasteiger partial charge in [-0.25, -0.2) is 9.97 Å². The monoisotopic (exact) mass is 181 g/mol. The van der Waals surface area contributed by atoms with E-state index >= 15 is 0 Å². The summed E-state index contributed by atoms with van der Waals surface area (Å²) in [5.41, 5.74) is 0.773. The first kappa shape index (κ1) is 8.82. The highest BCUT2D eigenvalue weighted by Crippen LogP contribution is 1.96. The van der Waals surface area contributed by atoms with Gasteiger partial charge in [-0.1, -0.05) is 11.8 Å². The van der Waals surface area contributed by atoms with Gasteiger partial charge >= 0.3 is 0 Å². The van der Waals surface area contributed by atoms with Crippen molar-refractivity contribution in [2.75, 3.05) is 18.2 Å². The Bertz CT molecular complexity index is 296. The smallest absolute Gasteiger partial charge is 0.222 e. The third-order valence-corrected chi connectivity index (χ3v) is 1.31. The van der Waals surface area contributed by atoms with Crippen LogP contribution in [0.25, 0.3) is 0 Å². The minimum Gasteiger partial charge on any atom is -0.357 e. The molecule has 0 aromatic carbocycles. The highest BCUT2D eigenvalue weighted by Gasteiger charge is 1.90. The predicted octanol–water partition coefficient (Wildman–Crippen LogP) is 1.11. The molecular formula is C8H8ClN3. The van der Waals surface area contributed by atoms with Crippen LogP contribution in [0.15, 0.2) is 12.4 Å². The van der Waals surface area contributed by atoms with Crippen molar-refractivity contribution < 1.29 is 0 Å². The van der Waals surface area contributed by atoms with Crippen LogP contribution in [0.5, 0.6) is 0 Å². The van der Waals surface area contributed by atoms with Crippen LogP contribution in [-0.2, 0) is 0 Å². The quantitative estimate of drug-likeness (QED) is 0.521. The van der Waals surface area contributed by atoms with Gasteiger partial charge in [0.1, 0.15) is 0 Å². The molecule has 1 aromatic heterocycles. The van der Waals surface area contributed by atoms with E-state index in [1.165, 1.54) is 0 Å². The molecule has 3 nitrogen and oxygen atoms in total. The van der Waals surface area contributed by atoms with E-state index in [2.05, 4.69) is 27.1 Å². The zero-order valence-corrected chi connectivity index (χ0v) is 7.39. The standard InChI is InChI=1S/C8H8ClN3/c1-10-8-11-5-7(6-12-8)3-2-4-9/h5-6H,4H2,1H3,(H,10,11,12). The lowest BCUT2D eigenvalue weighted by Gasteiger charge is -1.94. The van der Waals surface area contributed by atoms with Gasteiger partial charge in [0.05, 0.1) is 11.4 Å². The lowest BCUT2D eigenvalue weighted by atomic mass is 10.3. The molecule has 0 bridgehead atoms. The molecular weight excluding hydrogens is 174 g/mol. The summed E-state index contributed by atoms with van der Waals surface area (Å²) in [5, 5.41) is 2.81. The van der Waals surface area contributed by atoms with E-state index in [4.69, 9.17) is 11.6 Å². The van der Waals surface area contributed by atoms with Gasteiger partial charge in [-0.3, -0.25) is 0 Å². The van der Waals surface area contributed by atoms with Crippen molar-refractivity contribution in [3.8, 4) is 11.8 Å². The predicted molar refractivity (Wildman–Crippen MR) is 49.2 cm³/mol. The Hall–Kier alpha value is -1.27. The molecule has 0 atom stereocenters. The molecule has 0 saturated heterocycles. The SMILES string of the molecule is CNc1ncc(C#CCCl)cn1. The first-order valence-corrected chi connectivity index (χ1v) is 3.95. The zero-order chi connectivity index (χ0) is 8.81. The fraction of sp³-hybridized carbons (Fsp3) is 0.250. The molecule has 0 aliphatic carbocycles. The Morgan fingerprint density at radius 1 is 1.50 bits per heavy atom. The third-order valence-electron chi connectivity index (χ3n) is 1.17. The maximum Gasteiger partial charge on any atom is 0.222 e. The molecule has 0 saturated carbocycles. The molecule has 1 N–H and O–H groups in total. The van der Waals surface area contributed by atoms with Crippen molar-refractivity contribution in [2.45, 2.75) is 0 Å². The van der Waals surface area contributed by atoms with Crippen LogP contribution < -0.4 is 5.32 Å². The minimum absolute atomic E-state index is 0.327. The number of hydrogen-bond donors (Lipinski definition) is 1. The molecule has 0 unspecified atom stereocenters. The molecule has 0 fully saturated rings. The van der Waals surface area contributed by atoms with Crippen molar-refractivity contribution in [2.24, 2.45) is 0 Å². The van der Waals surface area contributed by atoms with Gasteiger partial charge < -0.3 is 5.32 Å². The zero-order valence-electron chi connectivity index (χ0n) is 6.63. The number of nitrogens with one attached hydrogen (secondary N) is 1. The Morgan fingerprint density at radius 2 is 2.17 bits per heavy atom. The molecule has 0 aliphatic rings. The molecule has 1 heterocycles. The highest BCUT2D eigenvalue weighted by atomic mass is 35.5. The van der Waals surface area contributed by atoms with Crippen LogP contribution in [0.1, 0.15) is 5.56 Å². The number of anilines is 1. The van der Waals surface area contributed by atoms with Crippen LogP contribution in [0, 0.1) is 11.8 Å². The molecule has 0 radical (unpaired) electrons. The molecule has 1 rings (SSSR count). The Morgan fingerprint density at radius 3 is 2.67 bits per heavy atom. The lowest BCUT2D eigenvalue weighted by molar-refractivity contribution is 1.14. The normalized spacial score (nSPS) is 8.50. The van der Waals surface area contributed by atoms with Crippen LogP contribution in [0.2, 0.25) is 0 Å². The van der Waals surface area contributed by atoms with Gasteiger partial charge in [0.25, 0.3) is 0 Å². The van der Waals surface area contributed by atoms with E-state index in [1.807, 2.05) is 0 Å². The fourth-order valence-corrected chi connectivity index (χ4v) is 0.724. The van der Waals surface area contributed by atoms with Crippen molar-refractivity contribution in [1.29, 1.82) is 0 Å². The number of nitrogens with zero attached hydrogens (tertiary/aromatic N) is 2. The summed E-state index contributed by atoms with van der Waals surface area (Å²) in [6.07, 6.45) is 3.30. The number of alkyl halides is 1. The van der Waals surface area contributed by atoms with Crippen LogP contribution in [0.4, 0.5) is 5.95 Å². The van der Waals surface area contributed by atoms with Gasteiger partial charge in [-0.05, 0) is 0 Å². The summed E-state index contributed by atoms with van der Waals surface area (Å²) in [5.74, 6) is 6.44. The number of halogens is 1. The van der Waals surface area contributed by atoms with E-state index in [0.29, 0.717) is 11.8 Å². The minimum atomic E-state index is 0.327. The van der Waals surface area contributed by atoms with Crippen LogP contribution in [-0.4, -0.2) is 22.9 Å². The Balaban J connectivity index is 2.78. The van der Waals surface area contributed by atoms with Crippen molar-refractivity contribution in [3.63, 3.8) is 0 Å². The van der Waals surface area contributed by atoms with Crippen molar-refractivity contribution >= 4 is 17.5 Å². The molecule has 0 spiro atoms. The summed E-state index contributed by atoms with van der Waals surface area (Å²) in [7, 11) is 1.76. The number of rotatable bonds is 1. The molecule has 1 aromatic rings. The fourth-order valence-electron chi connectivity index (χ4n) is 0.657. The molecule has 62 valence electrons. The highest BCUT2D eigenvalue weighted by molar-refractivity contribution is 6.19. The third kappa shape index (κ3) is 2.40. The van der Waals surface area contributed by atoms with Gasteiger partial charge in [-0.15, -0.1) is 11.6 Å². The second-order valence-corrected chi connectivity index (χ2v) is 2.25. The Kier molecular flexibility index (Phi) is 3.36. The van der Waals surface area contributed by atoms with E-state index < -0.39 is 0 Å². The van der Waals surface area contributed by atoms with Crippen molar-refractivity contribution in [3.05, 3.63) is 18.0 Å². The molecule has 0 amide bonds. The molecule has 12 heavy (non-hydrogen) atoms. The van der Waals surface area contributed by atoms with E-state index in [1.54, 1.807) is 19.4 Å². The Labute approximate surface area is 76.2 Å². The van der Waals surface area contributed by atoms with Gasteiger partial charge in [0.15, 0.2) is 0 Å². The van der Waals surface area contributed by atoms with Gasteiger partial charge in [0, 0.05) is 19.4 Å². The van der Waals surface area contributed by atoms with Crippen LogP contribution in [0.3, 0.4) is 0 Å².